The van der Waals surface area contributed by atoms with Crippen LogP contribution < -0.4 is 5.32 Å². The molecule has 11 heteroatoms. The van der Waals surface area contributed by atoms with Crippen LogP contribution in [0.1, 0.15) is 27.9 Å². The SMILES string of the molecule is O=C(Nc1ccc(Cl)cc1)c1ccc(CN2CCCN(Cc3ccc(F)cc3)CC2)cc1.O=C(O)C(F)(F)F. The molecule has 0 unspecified atom stereocenters. The van der Waals surface area contributed by atoms with Gasteiger partial charge in [-0.05, 0) is 79.2 Å². The van der Waals surface area contributed by atoms with E-state index in [9.17, 15) is 22.4 Å². The third-order valence-electron chi connectivity index (χ3n) is 5.97. The molecule has 1 fully saturated rings. The van der Waals surface area contributed by atoms with Crippen molar-refractivity contribution >= 4 is 29.2 Å². The molecule has 1 saturated heterocycles. The van der Waals surface area contributed by atoms with Crippen molar-refractivity contribution in [1.82, 2.24) is 9.80 Å². The quantitative estimate of drug-likeness (QED) is 0.355. The van der Waals surface area contributed by atoms with Crippen molar-refractivity contribution in [2.75, 3.05) is 31.5 Å². The molecule has 0 atom stereocenters. The number of nitrogens with zero attached hydrogens (tertiary/aromatic N) is 2. The Hall–Kier alpha value is -3.47. The van der Waals surface area contributed by atoms with E-state index in [1.807, 2.05) is 36.4 Å². The van der Waals surface area contributed by atoms with Gasteiger partial charge in [-0.25, -0.2) is 9.18 Å². The van der Waals surface area contributed by atoms with Crippen molar-refractivity contribution in [2.45, 2.75) is 25.7 Å². The van der Waals surface area contributed by atoms with Crippen LogP contribution in [0, 0.1) is 5.82 Å². The molecule has 39 heavy (non-hydrogen) atoms. The number of benzene rings is 3. The van der Waals surface area contributed by atoms with Gasteiger partial charge in [0.15, 0.2) is 0 Å². The number of carboxylic acids is 1. The molecule has 4 rings (SSSR count). The van der Waals surface area contributed by atoms with Crippen molar-refractivity contribution in [3.8, 4) is 0 Å². The van der Waals surface area contributed by atoms with Crippen LogP contribution in [0.15, 0.2) is 72.8 Å². The lowest BCUT2D eigenvalue weighted by atomic mass is 10.1. The molecule has 3 aromatic carbocycles. The lowest BCUT2D eigenvalue weighted by Crippen LogP contribution is -2.30. The zero-order chi connectivity index (χ0) is 28.4. The standard InChI is InChI=1S/C26H27ClFN3O.C2HF3O2/c27-23-8-12-25(13-9-23)29-26(32)22-6-2-20(3-7-22)18-30-14-1-15-31(17-16-30)19-21-4-10-24(28)11-5-21;3-2(4,5)1(6)7/h2-13H,1,14-19H2,(H,29,32);(H,6,7). The average Bonchev–Trinajstić information content (AvgIpc) is 3.12. The Balaban J connectivity index is 0.000000532. The van der Waals surface area contributed by atoms with E-state index in [1.54, 1.807) is 24.3 Å². The van der Waals surface area contributed by atoms with Crippen LogP contribution in [-0.2, 0) is 17.9 Å². The Morgan fingerprint density at radius 3 is 1.72 bits per heavy atom. The number of hydrogen-bond acceptors (Lipinski definition) is 4. The summed E-state index contributed by atoms with van der Waals surface area (Å²) in [4.78, 5) is 26.2. The fourth-order valence-corrected chi connectivity index (χ4v) is 4.07. The lowest BCUT2D eigenvalue weighted by molar-refractivity contribution is -0.192. The van der Waals surface area contributed by atoms with E-state index in [2.05, 4.69) is 15.1 Å². The Morgan fingerprint density at radius 1 is 0.795 bits per heavy atom. The Kier molecular flexibility index (Phi) is 10.8. The maximum absolute atomic E-state index is 13.1. The van der Waals surface area contributed by atoms with Crippen molar-refractivity contribution in [3.63, 3.8) is 0 Å². The second-order valence-corrected chi connectivity index (χ2v) is 9.43. The largest absolute Gasteiger partial charge is 0.490 e. The summed E-state index contributed by atoms with van der Waals surface area (Å²) in [6.07, 6.45) is -3.98. The molecule has 2 N–H and O–H groups in total. The molecule has 0 saturated carbocycles. The molecule has 1 amide bonds. The number of halogens is 5. The van der Waals surface area contributed by atoms with Gasteiger partial charge in [-0.3, -0.25) is 14.6 Å². The predicted molar refractivity (Wildman–Crippen MR) is 141 cm³/mol. The number of aliphatic carboxylic acids is 1. The van der Waals surface area contributed by atoms with Gasteiger partial charge in [-0.15, -0.1) is 0 Å². The van der Waals surface area contributed by atoms with Crippen LogP contribution >= 0.6 is 11.6 Å². The van der Waals surface area contributed by atoms with E-state index in [-0.39, 0.29) is 11.7 Å². The third kappa shape index (κ3) is 10.3. The van der Waals surface area contributed by atoms with E-state index >= 15 is 0 Å². The minimum Gasteiger partial charge on any atom is -0.475 e. The molecule has 1 aliphatic heterocycles. The molecular weight excluding hydrogens is 538 g/mol. The summed E-state index contributed by atoms with van der Waals surface area (Å²) in [6.45, 7) is 5.77. The van der Waals surface area contributed by atoms with Gasteiger partial charge < -0.3 is 10.4 Å². The smallest absolute Gasteiger partial charge is 0.475 e. The van der Waals surface area contributed by atoms with Crippen molar-refractivity contribution in [2.24, 2.45) is 0 Å². The minimum absolute atomic E-state index is 0.134. The second-order valence-electron chi connectivity index (χ2n) is 8.99. The number of carbonyl (C=O) groups is 2. The summed E-state index contributed by atoms with van der Waals surface area (Å²) in [5.74, 6) is -3.08. The maximum Gasteiger partial charge on any atom is 0.490 e. The monoisotopic (exact) mass is 565 g/mol. The van der Waals surface area contributed by atoms with Gasteiger partial charge in [0.2, 0.25) is 0 Å². The van der Waals surface area contributed by atoms with Gasteiger partial charge in [0.05, 0.1) is 0 Å². The summed E-state index contributed by atoms with van der Waals surface area (Å²) in [5, 5.41) is 10.7. The highest BCUT2D eigenvalue weighted by Crippen LogP contribution is 2.17. The highest BCUT2D eigenvalue weighted by atomic mass is 35.5. The molecule has 1 heterocycles. The summed E-state index contributed by atoms with van der Waals surface area (Å²) < 4.78 is 44.9. The molecular formula is C28H28ClF4N3O3. The second kappa shape index (κ2) is 14.1. The van der Waals surface area contributed by atoms with E-state index in [0.29, 0.717) is 10.6 Å². The highest BCUT2D eigenvalue weighted by Gasteiger charge is 2.38. The lowest BCUT2D eigenvalue weighted by Gasteiger charge is -2.22. The maximum atomic E-state index is 13.1. The molecule has 6 nitrogen and oxygen atoms in total. The first kappa shape index (κ1) is 30.1. The first-order valence-corrected chi connectivity index (χ1v) is 12.5. The number of nitrogens with one attached hydrogen (secondary N) is 1. The molecule has 0 aromatic heterocycles. The number of carbonyl (C=O) groups excluding carboxylic acids is 1. The van der Waals surface area contributed by atoms with E-state index in [4.69, 9.17) is 21.5 Å². The molecule has 208 valence electrons. The molecule has 1 aliphatic rings. The van der Waals surface area contributed by atoms with Crippen LogP contribution in [0.25, 0.3) is 0 Å². The molecule has 0 aliphatic carbocycles. The fourth-order valence-electron chi connectivity index (χ4n) is 3.94. The molecule has 0 bridgehead atoms. The van der Waals surface area contributed by atoms with Gasteiger partial charge in [0, 0.05) is 42.5 Å². The van der Waals surface area contributed by atoms with E-state index in [1.165, 1.54) is 17.7 Å². The summed E-state index contributed by atoms with van der Waals surface area (Å²) >= 11 is 5.89. The van der Waals surface area contributed by atoms with Crippen LogP contribution in [-0.4, -0.2) is 59.1 Å². The summed E-state index contributed by atoms with van der Waals surface area (Å²) in [7, 11) is 0. The van der Waals surface area contributed by atoms with Crippen LogP contribution in [0.5, 0.6) is 0 Å². The van der Waals surface area contributed by atoms with Crippen molar-refractivity contribution in [1.29, 1.82) is 0 Å². The molecule has 0 radical (unpaired) electrons. The normalized spacial score (nSPS) is 14.6. The Morgan fingerprint density at radius 2 is 1.26 bits per heavy atom. The van der Waals surface area contributed by atoms with Gasteiger partial charge in [0.1, 0.15) is 5.82 Å². The zero-order valence-electron chi connectivity index (χ0n) is 20.9. The highest BCUT2D eigenvalue weighted by molar-refractivity contribution is 6.30. The van der Waals surface area contributed by atoms with Gasteiger partial charge >= 0.3 is 12.1 Å². The number of alkyl halides is 3. The first-order chi connectivity index (χ1) is 18.5. The van der Waals surface area contributed by atoms with E-state index < -0.39 is 12.1 Å². The topological polar surface area (TPSA) is 72.9 Å². The van der Waals surface area contributed by atoms with Crippen molar-refractivity contribution < 1.29 is 32.3 Å². The van der Waals surface area contributed by atoms with Crippen molar-refractivity contribution in [3.05, 3.63) is 100 Å². The number of hydrogen-bond donors (Lipinski definition) is 2. The van der Waals surface area contributed by atoms with Gasteiger partial charge in [-0.1, -0.05) is 35.9 Å². The third-order valence-corrected chi connectivity index (χ3v) is 6.22. The first-order valence-electron chi connectivity index (χ1n) is 12.1. The number of rotatable bonds is 6. The fraction of sp³-hybridized carbons (Fsp3) is 0.286. The number of amides is 1. The summed E-state index contributed by atoms with van der Waals surface area (Å²) in [5.41, 5.74) is 3.69. The van der Waals surface area contributed by atoms with Gasteiger partial charge in [0.25, 0.3) is 5.91 Å². The van der Waals surface area contributed by atoms with Gasteiger partial charge in [-0.2, -0.15) is 13.2 Å². The summed E-state index contributed by atoms with van der Waals surface area (Å²) in [6, 6.07) is 21.7. The Labute approximate surface area is 228 Å². The van der Waals surface area contributed by atoms with E-state index in [0.717, 1.165) is 56.9 Å². The molecule has 3 aromatic rings. The molecule has 0 spiro atoms. The van der Waals surface area contributed by atoms with Crippen LogP contribution in [0.3, 0.4) is 0 Å². The average molecular weight is 566 g/mol. The number of anilines is 1. The van der Waals surface area contributed by atoms with Crippen LogP contribution in [0.4, 0.5) is 23.2 Å². The minimum atomic E-state index is -5.08. The van der Waals surface area contributed by atoms with Crippen LogP contribution in [0.2, 0.25) is 5.02 Å². The predicted octanol–water partition coefficient (Wildman–Crippen LogP) is 6.07. The number of carboxylic acid groups (broad SMARTS) is 1. The zero-order valence-corrected chi connectivity index (χ0v) is 21.7. The Bertz CT molecular complexity index is 1220.